The van der Waals surface area contributed by atoms with Gasteiger partial charge in [-0.15, -0.1) is 0 Å². The van der Waals surface area contributed by atoms with Crippen LogP contribution < -0.4 is 10.1 Å². The molecule has 0 aliphatic rings. The summed E-state index contributed by atoms with van der Waals surface area (Å²) < 4.78 is 5.25. The van der Waals surface area contributed by atoms with Crippen LogP contribution in [-0.2, 0) is 6.54 Å². The maximum absolute atomic E-state index is 5.25. The van der Waals surface area contributed by atoms with Crippen molar-refractivity contribution >= 4 is 0 Å². The molecule has 0 radical (unpaired) electrons. The van der Waals surface area contributed by atoms with Crippen LogP contribution >= 0.6 is 0 Å². The van der Waals surface area contributed by atoms with Crippen LogP contribution in [0.4, 0.5) is 0 Å². The monoisotopic (exact) mass is 194 g/mol. The van der Waals surface area contributed by atoms with E-state index < -0.39 is 0 Å². The number of pyridine rings is 1. The van der Waals surface area contributed by atoms with Crippen LogP contribution in [-0.4, -0.2) is 18.1 Å². The molecule has 3 nitrogen and oxygen atoms in total. The van der Waals surface area contributed by atoms with Crippen LogP contribution in [0, 0.1) is 0 Å². The highest BCUT2D eigenvalue weighted by molar-refractivity contribution is 5.17. The van der Waals surface area contributed by atoms with Gasteiger partial charge in [0.15, 0.2) is 0 Å². The topological polar surface area (TPSA) is 34.1 Å². The van der Waals surface area contributed by atoms with Crippen LogP contribution in [0.15, 0.2) is 18.3 Å². The SMILES string of the molecule is CCCNCc1ccc(OCC)nc1. The third kappa shape index (κ3) is 3.75. The summed E-state index contributed by atoms with van der Waals surface area (Å²) in [4.78, 5) is 4.18. The molecular formula is C11H18N2O. The first-order valence-electron chi connectivity index (χ1n) is 5.15. The van der Waals surface area contributed by atoms with Gasteiger partial charge < -0.3 is 10.1 Å². The molecule has 0 bridgehead atoms. The summed E-state index contributed by atoms with van der Waals surface area (Å²) >= 11 is 0. The van der Waals surface area contributed by atoms with Crippen molar-refractivity contribution in [3.63, 3.8) is 0 Å². The van der Waals surface area contributed by atoms with Crippen molar-refractivity contribution in [3.8, 4) is 5.88 Å². The number of aromatic nitrogens is 1. The largest absolute Gasteiger partial charge is 0.478 e. The van der Waals surface area contributed by atoms with E-state index in [1.165, 1.54) is 5.56 Å². The fourth-order valence-electron chi connectivity index (χ4n) is 1.16. The number of rotatable bonds is 6. The molecule has 0 amide bonds. The van der Waals surface area contributed by atoms with Gasteiger partial charge in [-0.2, -0.15) is 0 Å². The second-order valence-corrected chi connectivity index (χ2v) is 3.11. The van der Waals surface area contributed by atoms with Gasteiger partial charge in [-0.05, 0) is 25.5 Å². The van der Waals surface area contributed by atoms with Gasteiger partial charge in [0.05, 0.1) is 6.61 Å². The Hall–Kier alpha value is -1.09. The second kappa shape index (κ2) is 6.38. The van der Waals surface area contributed by atoms with E-state index in [0.717, 1.165) is 19.5 Å². The molecule has 0 spiro atoms. The molecule has 0 fully saturated rings. The number of hydrogen-bond donors (Lipinski definition) is 1. The van der Waals surface area contributed by atoms with Crippen molar-refractivity contribution in [2.75, 3.05) is 13.2 Å². The lowest BCUT2D eigenvalue weighted by Gasteiger charge is -2.04. The van der Waals surface area contributed by atoms with Crippen LogP contribution in [0.1, 0.15) is 25.8 Å². The van der Waals surface area contributed by atoms with Crippen molar-refractivity contribution in [1.29, 1.82) is 0 Å². The third-order valence-electron chi connectivity index (χ3n) is 1.85. The molecule has 0 aliphatic heterocycles. The molecule has 0 aromatic carbocycles. The smallest absolute Gasteiger partial charge is 0.213 e. The summed E-state index contributed by atoms with van der Waals surface area (Å²) in [6.07, 6.45) is 3.01. The summed E-state index contributed by atoms with van der Waals surface area (Å²) in [5.41, 5.74) is 1.20. The summed E-state index contributed by atoms with van der Waals surface area (Å²) in [5, 5.41) is 3.32. The summed E-state index contributed by atoms with van der Waals surface area (Å²) in [6.45, 7) is 6.71. The molecule has 0 atom stereocenters. The zero-order chi connectivity index (χ0) is 10.2. The molecule has 78 valence electrons. The number of hydrogen-bond acceptors (Lipinski definition) is 3. The van der Waals surface area contributed by atoms with Crippen molar-refractivity contribution in [3.05, 3.63) is 23.9 Å². The molecule has 1 aromatic heterocycles. The van der Waals surface area contributed by atoms with Crippen molar-refractivity contribution in [2.45, 2.75) is 26.8 Å². The van der Waals surface area contributed by atoms with E-state index in [-0.39, 0.29) is 0 Å². The van der Waals surface area contributed by atoms with Crippen molar-refractivity contribution < 1.29 is 4.74 Å². The van der Waals surface area contributed by atoms with E-state index in [0.29, 0.717) is 12.5 Å². The van der Waals surface area contributed by atoms with Crippen LogP contribution in [0.2, 0.25) is 0 Å². The van der Waals surface area contributed by atoms with Gasteiger partial charge in [0.1, 0.15) is 0 Å². The standard InChI is InChI=1S/C11H18N2O/c1-3-7-12-8-10-5-6-11(13-9-10)14-4-2/h5-6,9,12H,3-4,7-8H2,1-2H3. The lowest BCUT2D eigenvalue weighted by Crippen LogP contribution is -2.13. The van der Waals surface area contributed by atoms with Crippen LogP contribution in [0.5, 0.6) is 5.88 Å². The predicted molar refractivity (Wildman–Crippen MR) is 57.4 cm³/mol. The highest BCUT2D eigenvalue weighted by Crippen LogP contribution is 2.06. The van der Waals surface area contributed by atoms with E-state index in [2.05, 4.69) is 17.2 Å². The Morgan fingerprint density at radius 1 is 1.36 bits per heavy atom. The Bertz CT molecular complexity index is 246. The van der Waals surface area contributed by atoms with Crippen LogP contribution in [0.25, 0.3) is 0 Å². The normalized spacial score (nSPS) is 10.1. The molecule has 1 N–H and O–H groups in total. The minimum Gasteiger partial charge on any atom is -0.478 e. The van der Waals surface area contributed by atoms with E-state index in [1.54, 1.807) is 0 Å². The molecule has 0 aliphatic carbocycles. The molecule has 0 saturated carbocycles. The van der Waals surface area contributed by atoms with Gasteiger partial charge in [-0.3, -0.25) is 0 Å². The Balaban J connectivity index is 2.38. The zero-order valence-electron chi connectivity index (χ0n) is 8.92. The van der Waals surface area contributed by atoms with Crippen molar-refractivity contribution in [1.82, 2.24) is 10.3 Å². The number of nitrogens with one attached hydrogen (secondary N) is 1. The third-order valence-corrected chi connectivity index (χ3v) is 1.85. The van der Waals surface area contributed by atoms with Gasteiger partial charge in [0.2, 0.25) is 5.88 Å². The Labute approximate surface area is 85.5 Å². The maximum Gasteiger partial charge on any atom is 0.213 e. The van der Waals surface area contributed by atoms with Gasteiger partial charge in [0, 0.05) is 18.8 Å². The number of ether oxygens (including phenoxy) is 1. The summed E-state index contributed by atoms with van der Waals surface area (Å²) in [7, 11) is 0. The van der Waals surface area contributed by atoms with E-state index in [9.17, 15) is 0 Å². The quantitative estimate of drug-likeness (QED) is 0.703. The van der Waals surface area contributed by atoms with Crippen molar-refractivity contribution in [2.24, 2.45) is 0 Å². The van der Waals surface area contributed by atoms with Crippen LogP contribution in [0.3, 0.4) is 0 Å². The average molecular weight is 194 g/mol. The maximum atomic E-state index is 5.25. The fourth-order valence-corrected chi connectivity index (χ4v) is 1.16. The molecule has 0 unspecified atom stereocenters. The molecule has 3 heteroatoms. The predicted octanol–water partition coefficient (Wildman–Crippen LogP) is 1.98. The van der Waals surface area contributed by atoms with Gasteiger partial charge in [0.25, 0.3) is 0 Å². The average Bonchev–Trinajstić information content (AvgIpc) is 2.21. The molecular weight excluding hydrogens is 176 g/mol. The second-order valence-electron chi connectivity index (χ2n) is 3.11. The minimum atomic E-state index is 0.667. The highest BCUT2D eigenvalue weighted by atomic mass is 16.5. The number of nitrogens with zero attached hydrogens (tertiary/aromatic N) is 1. The van der Waals surface area contributed by atoms with Gasteiger partial charge in [-0.1, -0.05) is 13.0 Å². The Morgan fingerprint density at radius 2 is 2.21 bits per heavy atom. The van der Waals surface area contributed by atoms with E-state index >= 15 is 0 Å². The molecule has 1 heterocycles. The Morgan fingerprint density at radius 3 is 2.79 bits per heavy atom. The lowest BCUT2D eigenvalue weighted by atomic mass is 10.3. The summed E-state index contributed by atoms with van der Waals surface area (Å²) in [6, 6.07) is 3.95. The lowest BCUT2D eigenvalue weighted by molar-refractivity contribution is 0.326. The molecule has 1 rings (SSSR count). The first-order chi connectivity index (χ1) is 6.86. The Kier molecular flexibility index (Phi) is 5.00. The van der Waals surface area contributed by atoms with Gasteiger partial charge in [-0.25, -0.2) is 4.98 Å². The van der Waals surface area contributed by atoms with E-state index in [4.69, 9.17) is 4.74 Å². The fraction of sp³-hybridized carbons (Fsp3) is 0.545. The molecule has 1 aromatic rings. The molecule has 14 heavy (non-hydrogen) atoms. The zero-order valence-corrected chi connectivity index (χ0v) is 8.92. The summed E-state index contributed by atoms with van der Waals surface area (Å²) in [5.74, 6) is 0.701. The first-order valence-corrected chi connectivity index (χ1v) is 5.15. The highest BCUT2D eigenvalue weighted by Gasteiger charge is 1.95. The molecule has 0 saturated heterocycles. The van der Waals surface area contributed by atoms with E-state index in [1.807, 2.05) is 25.3 Å². The first kappa shape index (κ1) is 11.0. The van der Waals surface area contributed by atoms with Gasteiger partial charge >= 0.3 is 0 Å². The minimum absolute atomic E-state index is 0.667.